The van der Waals surface area contributed by atoms with Crippen molar-refractivity contribution in [3.05, 3.63) is 12.2 Å². The third-order valence-corrected chi connectivity index (χ3v) is 6.75. The van der Waals surface area contributed by atoms with Gasteiger partial charge in [0.05, 0.1) is 12.2 Å². The maximum absolute atomic E-state index is 10.5. The van der Waals surface area contributed by atoms with Crippen LogP contribution in [0.25, 0.3) is 0 Å². The van der Waals surface area contributed by atoms with Crippen molar-refractivity contribution >= 4 is 0 Å². The van der Waals surface area contributed by atoms with Crippen LogP contribution in [-0.2, 0) is 0 Å². The fourth-order valence-corrected chi connectivity index (χ4v) is 5.98. The van der Waals surface area contributed by atoms with Crippen LogP contribution in [-0.4, -0.2) is 22.4 Å². The van der Waals surface area contributed by atoms with Gasteiger partial charge in [0, 0.05) is 5.92 Å². The van der Waals surface area contributed by atoms with E-state index in [0.29, 0.717) is 5.92 Å². The van der Waals surface area contributed by atoms with Gasteiger partial charge in [-0.2, -0.15) is 0 Å². The molecule has 0 bridgehead atoms. The van der Waals surface area contributed by atoms with Gasteiger partial charge < -0.3 is 10.2 Å². The highest BCUT2D eigenvalue weighted by atomic mass is 16.3. The molecule has 8 atom stereocenters. The molecule has 4 rings (SSSR count). The van der Waals surface area contributed by atoms with Gasteiger partial charge in [0.25, 0.3) is 0 Å². The van der Waals surface area contributed by atoms with E-state index in [1.807, 2.05) is 0 Å². The molecule has 8 unspecified atom stereocenters. The van der Waals surface area contributed by atoms with Gasteiger partial charge in [-0.15, -0.1) is 0 Å². The number of hydrogen-bond acceptors (Lipinski definition) is 2. The molecule has 2 nitrogen and oxygen atoms in total. The van der Waals surface area contributed by atoms with Gasteiger partial charge in [0.1, 0.15) is 0 Å². The number of allylic oxidation sites excluding steroid dienone is 1. The van der Waals surface area contributed by atoms with Gasteiger partial charge >= 0.3 is 0 Å². The Labute approximate surface area is 115 Å². The van der Waals surface area contributed by atoms with Gasteiger partial charge in [0.15, 0.2) is 0 Å². The minimum Gasteiger partial charge on any atom is -0.393 e. The standard InChI is InChI=1S/C17H26O2/c18-11-5-7-12-10(8-11)4-6-14-13-2-1-3-15(13)17(19)9-16(12)14/h1,3,10-19H,2,4-9H2. The Morgan fingerprint density at radius 1 is 0.789 bits per heavy atom. The number of hydrogen-bond donors (Lipinski definition) is 2. The van der Waals surface area contributed by atoms with E-state index in [2.05, 4.69) is 12.2 Å². The highest BCUT2D eigenvalue weighted by Gasteiger charge is 2.51. The van der Waals surface area contributed by atoms with Crippen LogP contribution < -0.4 is 0 Å². The average molecular weight is 262 g/mol. The SMILES string of the molecule is OC1CCC2C(CCC3C4CC=CC4C(O)CC23)C1. The van der Waals surface area contributed by atoms with E-state index in [4.69, 9.17) is 0 Å². The minimum atomic E-state index is -0.101. The Hall–Kier alpha value is -0.340. The van der Waals surface area contributed by atoms with Crippen LogP contribution in [0, 0.1) is 35.5 Å². The van der Waals surface area contributed by atoms with E-state index >= 15 is 0 Å². The average Bonchev–Trinajstić information content (AvgIpc) is 2.88. The molecule has 0 amide bonds. The molecule has 0 aliphatic heterocycles. The van der Waals surface area contributed by atoms with Crippen LogP contribution in [0.2, 0.25) is 0 Å². The third kappa shape index (κ3) is 1.91. The molecular formula is C17H26O2. The second-order valence-electron chi connectivity index (χ2n) is 7.50. The van der Waals surface area contributed by atoms with Crippen molar-refractivity contribution in [3.63, 3.8) is 0 Å². The smallest absolute Gasteiger partial charge is 0.0608 e. The summed E-state index contributed by atoms with van der Waals surface area (Å²) in [7, 11) is 0. The lowest BCUT2D eigenvalue weighted by molar-refractivity contribution is -0.0832. The Balaban J connectivity index is 1.57. The van der Waals surface area contributed by atoms with E-state index in [1.165, 1.54) is 25.7 Å². The summed E-state index contributed by atoms with van der Waals surface area (Å²) < 4.78 is 0. The normalized spacial score (nSPS) is 56.3. The predicted octanol–water partition coefficient (Wildman–Crippen LogP) is 2.75. The lowest BCUT2D eigenvalue weighted by atomic mass is 9.53. The van der Waals surface area contributed by atoms with Crippen molar-refractivity contribution in [1.29, 1.82) is 0 Å². The molecule has 0 heterocycles. The quantitative estimate of drug-likeness (QED) is 0.659. The van der Waals surface area contributed by atoms with Gasteiger partial charge in [-0.1, -0.05) is 12.2 Å². The molecule has 0 spiro atoms. The molecule has 4 aliphatic carbocycles. The fourth-order valence-electron chi connectivity index (χ4n) is 5.98. The predicted molar refractivity (Wildman–Crippen MR) is 74.4 cm³/mol. The maximum atomic E-state index is 10.5. The van der Waals surface area contributed by atoms with E-state index in [-0.39, 0.29) is 12.2 Å². The van der Waals surface area contributed by atoms with Gasteiger partial charge in [-0.05, 0) is 74.5 Å². The maximum Gasteiger partial charge on any atom is 0.0608 e. The molecule has 2 heteroatoms. The topological polar surface area (TPSA) is 40.5 Å². The number of fused-ring (bicyclic) bond motifs is 5. The van der Waals surface area contributed by atoms with Crippen molar-refractivity contribution in [2.45, 2.75) is 57.2 Å². The summed E-state index contributed by atoms with van der Waals surface area (Å²) in [4.78, 5) is 0. The van der Waals surface area contributed by atoms with Crippen LogP contribution in [0.15, 0.2) is 12.2 Å². The summed E-state index contributed by atoms with van der Waals surface area (Å²) in [6, 6.07) is 0. The lowest BCUT2D eigenvalue weighted by Gasteiger charge is -2.53. The second-order valence-corrected chi connectivity index (χ2v) is 7.50. The van der Waals surface area contributed by atoms with Crippen LogP contribution in [0.1, 0.15) is 44.9 Å². The zero-order valence-electron chi connectivity index (χ0n) is 11.6. The number of rotatable bonds is 0. The third-order valence-electron chi connectivity index (χ3n) is 6.75. The molecule has 3 fully saturated rings. The largest absolute Gasteiger partial charge is 0.393 e. The summed E-state index contributed by atoms with van der Waals surface area (Å²) in [6.45, 7) is 0. The monoisotopic (exact) mass is 262 g/mol. The first kappa shape index (κ1) is 12.4. The highest BCUT2D eigenvalue weighted by molar-refractivity contribution is 5.11. The Morgan fingerprint density at radius 2 is 1.63 bits per heavy atom. The first-order valence-electron chi connectivity index (χ1n) is 8.27. The molecule has 106 valence electrons. The summed E-state index contributed by atoms with van der Waals surface area (Å²) in [6.07, 6.45) is 12.5. The molecule has 4 aliphatic rings. The summed E-state index contributed by atoms with van der Waals surface area (Å²) in [5.74, 6) is 4.29. The van der Waals surface area contributed by atoms with Crippen LogP contribution in [0.3, 0.4) is 0 Å². The first-order valence-corrected chi connectivity index (χ1v) is 8.27. The van der Waals surface area contributed by atoms with E-state index < -0.39 is 0 Å². The van der Waals surface area contributed by atoms with E-state index in [1.54, 1.807) is 0 Å². The van der Waals surface area contributed by atoms with Gasteiger partial charge in [0.2, 0.25) is 0 Å². The molecular weight excluding hydrogens is 236 g/mol. The summed E-state index contributed by atoms with van der Waals surface area (Å²) in [5.41, 5.74) is 0. The van der Waals surface area contributed by atoms with Gasteiger partial charge in [-0.3, -0.25) is 0 Å². The molecule has 0 aromatic rings. The van der Waals surface area contributed by atoms with Crippen molar-refractivity contribution in [1.82, 2.24) is 0 Å². The molecule has 3 saturated carbocycles. The van der Waals surface area contributed by atoms with Crippen LogP contribution in [0.5, 0.6) is 0 Å². The lowest BCUT2D eigenvalue weighted by Crippen LogP contribution is -2.49. The van der Waals surface area contributed by atoms with Gasteiger partial charge in [-0.25, -0.2) is 0 Å². The molecule has 19 heavy (non-hydrogen) atoms. The molecule has 0 saturated heterocycles. The summed E-state index contributed by atoms with van der Waals surface area (Å²) in [5, 5.41) is 20.3. The Kier molecular flexibility index (Phi) is 3.00. The first-order chi connectivity index (χ1) is 9.24. The molecule has 2 N–H and O–H groups in total. The Morgan fingerprint density at radius 3 is 2.53 bits per heavy atom. The van der Waals surface area contributed by atoms with Crippen molar-refractivity contribution in [3.8, 4) is 0 Å². The molecule has 0 aromatic heterocycles. The molecule has 0 aromatic carbocycles. The van der Waals surface area contributed by atoms with Crippen molar-refractivity contribution < 1.29 is 10.2 Å². The van der Waals surface area contributed by atoms with E-state index in [9.17, 15) is 10.2 Å². The van der Waals surface area contributed by atoms with Crippen LogP contribution in [0.4, 0.5) is 0 Å². The number of aliphatic hydroxyl groups is 2. The highest BCUT2D eigenvalue weighted by Crippen LogP contribution is 2.56. The molecule has 0 radical (unpaired) electrons. The minimum absolute atomic E-state index is 0.0489. The van der Waals surface area contributed by atoms with Crippen LogP contribution >= 0.6 is 0 Å². The number of aliphatic hydroxyl groups excluding tert-OH is 2. The summed E-state index contributed by atoms with van der Waals surface area (Å²) >= 11 is 0. The van der Waals surface area contributed by atoms with Crippen molar-refractivity contribution in [2.75, 3.05) is 0 Å². The fraction of sp³-hybridized carbons (Fsp3) is 0.882. The second kappa shape index (κ2) is 4.60. The Bertz CT molecular complexity index is 377. The zero-order valence-corrected chi connectivity index (χ0v) is 11.6. The van der Waals surface area contributed by atoms with E-state index in [0.717, 1.165) is 48.9 Å². The van der Waals surface area contributed by atoms with Crippen molar-refractivity contribution in [2.24, 2.45) is 35.5 Å². The zero-order chi connectivity index (χ0) is 13.0.